The Labute approximate surface area is 84.9 Å². The van der Waals surface area contributed by atoms with Gasteiger partial charge in [-0.25, -0.2) is 0 Å². The number of rotatable bonds is 0. The normalized spacial score (nSPS) is 30.6. The first kappa shape index (κ1) is 8.30. The summed E-state index contributed by atoms with van der Waals surface area (Å²) in [6.07, 6.45) is 1.27. The van der Waals surface area contributed by atoms with Gasteiger partial charge in [0.25, 0.3) is 0 Å². The van der Waals surface area contributed by atoms with E-state index >= 15 is 0 Å². The van der Waals surface area contributed by atoms with Gasteiger partial charge in [-0.05, 0) is 31.6 Å². The van der Waals surface area contributed by atoms with Crippen molar-refractivity contribution in [3.8, 4) is 0 Å². The van der Waals surface area contributed by atoms with Crippen LogP contribution in [0.3, 0.4) is 0 Å². The lowest BCUT2D eigenvalue weighted by atomic mass is 9.90. The van der Waals surface area contributed by atoms with Gasteiger partial charge in [0.15, 0.2) is 0 Å². The van der Waals surface area contributed by atoms with Crippen molar-refractivity contribution in [3.05, 3.63) is 29.8 Å². The van der Waals surface area contributed by atoms with Gasteiger partial charge in [-0.2, -0.15) is 0 Å². The highest BCUT2D eigenvalue weighted by molar-refractivity contribution is 5.59. The second-order valence-corrected chi connectivity index (χ2v) is 4.50. The van der Waals surface area contributed by atoms with E-state index in [1.54, 1.807) is 0 Å². The Balaban J connectivity index is 1.97. The molecule has 2 aliphatic heterocycles. The lowest BCUT2D eigenvalue weighted by Crippen LogP contribution is -2.39. The first-order valence-corrected chi connectivity index (χ1v) is 5.38. The number of para-hydroxylation sites is 1. The lowest BCUT2D eigenvalue weighted by Gasteiger charge is -2.32. The van der Waals surface area contributed by atoms with Crippen LogP contribution in [0.4, 0.5) is 5.69 Å². The maximum Gasteiger partial charge on any atom is 0.0379 e. The third kappa shape index (κ3) is 1.14. The Morgan fingerprint density at radius 1 is 1.36 bits per heavy atom. The van der Waals surface area contributed by atoms with Crippen LogP contribution >= 0.6 is 0 Å². The second kappa shape index (κ2) is 2.99. The number of piperidine rings is 1. The van der Waals surface area contributed by atoms with Crippen molar-refractivity contribution in [3.63, 3.8) is 0 Å². The van der Waals surface area contributed by atoms with Crippen LogP contribution in [-0.2, 0) is 0 Å². The minimum absolute atomic E-state index is 0.684. The summed E-state index contributed by atoms with van der Waals surface area (Å²) in [5.41, 5.74) is 2.88. The molecule has 14 heavy (non-hydrogen) atoms. The van der Waals surface area contributed by atoms with Gasteiger partial charge >= 0.3 is 0 Å². The quantitative estimate of drug-likeness (QED) is 0.669. The molecule has 1 aromatic rings. The fourth-order valence-corrected chi connectivity index (χ4v) is 2.75. The smallest absolute Gasteiger partial charge is 0.0379 e. The third-order valence-corrected chi connectivity index (χ3v) is 3.52. The summed E-state index contributed by atoms with van der Waals surface area (Å²) in [5, 5.41) is 3.63. The van der Waals surface area contributed by atoms with E-state index in [4.69, 9.17) is 0 Å². The van der Waals surface area contributed by atoms with Crippen molar-refractivity contribution < 1.29 is 0 Å². The number of nitrogens with one attached hydrogen (secondary N) is 1. The lowest BCUT2D eigenvalue weighted by molar-refractivity contribution is 0.243. The largest absolute Gasteiger partial charge is 0.381 e. The van der Waals surface area contributed by atoms with Gasteiger partial charge < -0.3 is 10.2 Å². The molecule has 2 aliphatic rings. The van der Waals surface area contributed by atoms with E-state index < -0.39 is 0 Å². The minimum Gasteiger partial charge on any atom is -0.381 e. The molecule has 0 aromatic heterocycles. The fraction of sp³-hybridized carbons (Fsp3) is 0.500. The molecule has 0 bridgehead atoms. The van der Waals surface area contributed by atoms with Crippen molar-refractivity contribution >= 4 is 5.69 Å². The minimum atomic E-state index is 0.684. The molecule has 2 atom stereocenters. The van der Waals surface area contributed by atoms with Gasteiger partial charge in [0.1, 0.15) is 0 Å². The Bertz CT molecular complexity index is 348. The van der Waals surface area contributed by atoms with Crippen LogP contribution in [0.15, 0.2) is 24.3 Å². The van der Waals surface area contributed by atoms with Crippen molar-refractivity contribution in [1.29, 1.82) is 0 Å². The van der Waals surface area contributed by atoms with E-state index in [2.05, 4.69) is 41.5 Å². The molecule has 2 heteroatoms. The van der Waals surface area contributed by atoms with E-state index in [0.29, 0.717) is 12.0 Å². The number of nitrogens with zero attached hydrogens (tertiary/aromatic N) is 1. The molecule has 0 amide bonds. The molecule has 74 valence electrons. The monoisotopic (exact) mass is 188 g/mol. The molecule has 0 spiro atoms. The Morgan fingerprint density at radius 3 is 3.14 bits per heavy atom. The van der Waals surface area contributed by atoms with Crippen molar-refractivity contribution in [2.75, 3.05) is 25.5 Å². The molecular weight excluding hydrogens is 172 g/mol. The topological polar surface area (TPSA) is 15.3 Å². The molecule has 1 saturated heterocycles. The van der Waals surface area contributed by atoms with Crippen LogP contribution in [-0.4, -0.2) is 31.1 Å². The Kier molecular flexibility index (Phi) is 1.77. The predicted molar refractivity (Wildman–Crippen MR) is 58.7 cm³/mol. The molecular formula is C12H16N2. The molecule has 0 saturated carbocycles. The fourth-order valence-electron chi connectivity index (χ4n) is 2.75. The number of hydrogen-bond donors (Lipinski definition) is 1. The first-order valence-electron chi connectivity index (χ1n) is 5.38. The van der Waals surface area contributed by atoms with Crippen LogP contribution < -0.4 is 5.32 Å². The van der Waals surface area contributed by atoms with Crippen molar-refractivity contribution in [2.24, 2.45) is 0 Å². The van der Waals surface area contributed by atoms with Crippen LogP contribution in [0.2, 0.25) is 0 Å². The average Bonchev–Trinajstić information content (AvgIpc) is 2.56. The van der Waals surface area contributed by atoms with Gasteiger partial charge in [-0.1, -0.05) is 18.2 Å². The van der Waals surface area contributed by atoms with E-state index in [-0.39, 0.29) is 0 Å². The van der Waals surface area contributed by atoms with Gasteiger partial charge in [0.05, 0.1) is 0 Å². The standard InChI is InChI=1S/C12H16N2/c1-14-7-6-12-10(8-14)9-4-2-3-5-11(9)13-12/h2-5,10,12-13H,6-8H2,1H3/t10-,12-/m0/s1. The summed E-state index contributed by atoms with van der Waals surface area (Å²) in [7, 11) is 2.22. The van der Waals surface area contributed by atoms with Gasteiger partial charge in [-0.3, -0.25) is 0 Å². The van der Waals surface area contributed by atoms with Crippen molar-refractivity contribution in [1.82, 2.24) is 4.90 Å². The SMILES string of the molecule is CN1CC[C@@H]2Nc3ccccc3[C@@H]2C1. The number of benzene rings is 1. The zero-order valence-electron chi connectivity index (χ0n) is 8.53. The number of likely N-dealkylation sites (tertiary alicyclic amines) is 1. The van der Waals surface area contributed by atoms with Gasteiger partial charge in [0.2, 0.25) is 0 Å². The van der Waals surface area contributed by atoms with Crippen LogP contribution in [0.5, 0.6) is 0 Å². The highest BCUT2D eigenvalue weighted by Crippen LogP contribution is 2.39. The van der Waals surface area contributed by atoms with Crippen molar-refractivity contribution in [2.45, 2.75) is 18.4 Å². The molecule has 0 radical (unpaired) electrons. The highest BCUT2D eigenvalue weighted by atomic mass is 15.1. The summed E-state index contributed by atoms with van der Waals surface area (Å²) in [4.78, 5) is 2.44. The average molecular weight is 188 g/mol. The molecule has 2 heterocycles. The zero-order chi connectivity index (χ0) is 9.54. The summed E-state index contributed by atoms with van der Waals surface area (Å²) in [6, 6.07) is 9.42. The summed E-state index contributed by atoms with van der Waals surface area (Å²) in [5.74, 6) is 0.713. The Hall–Kier alpha value is -1.02. The van der Waals surface area contributed by atoms with E-state index in [1.807, 2.05) is 0 Å². The number of fused-ring (bicyclic) bond motifs is 3. The first-order chi connectivity index (χ1) is 6.84. The molecule has 1 aromatic carbocycles. The zero-order valence-corrected chi connectivity index (χ0v) is 8.53. The number of hydrogen-bond acceptors (Lipinski definition) is 2. The third-order valence-electron chi connectivity index (χ3n) is 3.52. The summed E-state index contributed by atoms with van der Waals surface area (Å²) < 4.78 is 0. The van der Waals surface area contributed by atoms with Crippen LogP contribution in [0, 0.1) is 0 Å². The maximum atomic E-state index is 3.63. The Morgan fingerprint density at radius 2 is 2.21 bits per heavy atom. The molecule has 2 nitrogen and oxygen atoms in total. The predicted octanol–water partition coefficient (Wildman–Crippen LogP) is 1.90. The summed E-state index contributed by atoms with van der Waals surface area (Å²) >= 11 is 0. The molecule has 3 rings (SSSR count). The second-order valence-electron chi connectivity index (χ2n) is 4.50. The van der Waals surface area contributed by atoms with Crippen LogP contribution in [0.1, 0.15) is 17.9 Å². The molecule has 1 fully saturated rings. The maximum absolute atomic E-state index is 3.63. The van der Waals surface area contributed by atoms with Crippen LogP contribution in [0.25, 0.3) is 0 Å². The van der Waals surface area contributed by atoms with E-state index in [0.717, 1.165) is 0 Å². The van der Waals surface area contributed by atoms with Gasteiger partial charge in [0, 0.05) is 24.2 Å². The molecule has 0 aliphatic carbocycles. The number of anilines is 1. The van der Waals surface area contributed by atoms with E-state index in [9.17, 15) is 0 Å². The highest BCUT2D eigenvalue weighted by Gasteiger charge is 2.35. The van der Waals surface area contributed by atoms with Gasteiger partial charge in [-0.15, -0.1) is 0 Å². The molecule has 0 unspecified atom stereocenters. The summed E-state index contributed by atoms with van der Waals surface area (Å²) in [6.45, 7) is 2.43. The molecule has 1 N–H and O–H groups in total. The number of likely N-dealkylation sites (N-methyl/N-ethyl adjacent to an activating group) is 1. The van der Waals surface area contributed by atoms with E-state index in [1.165, 1.54) is 30.8 Å².